The van der Waals surface area contributed by atoms with Crippen LogP contribution in [-0.4, -0.2) is 9.91 Å². The number of hydrogen-bond donors (Lipinski definition) is 1. The van der Waals surface area contributed by atoms with Gasteiger partial charge in [0.25, 0.3) is 5.69 Å². The molecule has 27 heavy (non-hydrogen) atoms. The van der Waals surface area contributed by atoms with E-state index in [2.05, 4.69) is 26.2 Å². The highest BCUT2D eigenvalue weighted by molar-refractivity contribution is 9.10. The zero-order valence-electron chi connectivity index (χ0n) is 14.7. The van der Waals surface area contributed by atoms with E-state index in [-0.39, 0.29) is 5.69 Å². The predicted molar refractivity (Wildman–Crippen MR) is 108 cm³/mol. The molecule has 0 amide bonds. The van der Waals surface area contributed by atoms with Gasteiger partial charge in [0.15, 0.2) is 0 Å². The highest BCUT2D eigenvalue weighted by atomic mass is 79.9. The first-order chi connectivity index (χ1) is 13.0. The topological polar surface area (TPSA) is 77.3 Å². The normalized spacial score (nSPS) is 10.4. The average Bonchev–Trinajstić information content (AvgIpc) is 2.67. The molecule has 0 atom stereocenters. The van der Waals surface area contributed by atoms with E-state index in [1.807, 2.05) is 43.3 Å². The Morgan fingerprint density at radius 2 is 1.93 bits per heavy atom. The summed E-state index contributed by atoms with van der Waals surface area (Å²) < 4.78 is 6.73. The van der Waals surface area contributed by atoms with E-state index in [9.17, 15) is 10.1 Å². The van der Waals surface area contributed by atoms with Crippen LogP contribution in [0, 0.1) is 17.0 Å². The first-order valence-corrected chi connectivity index (χ1v) is 9.11. The summed E-state index contributed by atoms with van der Waals surface area (Å²) in [5, 5.41) is 14.4. The molecule has 0 aliphatic carbocycles. The summed E-state index contributed by atoms with van der Waals surface area (Å²) in [5.41, 5.74) is 3.31. The lowest BCUT2D eigenvalue weighted by atomic mass is 10.2. The maximum Gasteiger partial charge on any atom is 0.292 e. The molecule has 138 valence electrons. The van der Waals surface area contributed by atoms with Crippen LogP contribution in [0.15, 0.2) is 65.3 Å². The molecule has 1 aromatic heterocycles. The minimum absolute atomic E-state index is 0.00734. The maximum atomic E-state index is 11.3. The van der Waals surface area contributed by atoms with Crippen molar-refractivity contribution in [3.8, 4) is 5.75 Å². The van der Waals surface area contributed by atoms with Gasteiger partial charge in [0.05, 0.1) is 10.6 Å². The van der Waals surface area contributed by atoms with Gasteiger partial charge in [-0.3, -0.25) is 15.1 Å². The minimum Gasteiger partial charge on any atom is -0.487 e. The van der Waals surface area contributed by atoms with Crippen LogP contribution < -0.4 is 10.1 Å². The number of aromatic nitrogens is 1. The first kappa shape index (κ1) is 18.8. The Morgan fingerprint density at radius 1 is 1.15 bits per heavy atom. The molecule has 0 aliphatic heterocycles. The fraction of sp³-hybridized carbons (Fsp3) is 0.150. The summed E-state index contributed by atoms with van der Waals surface area (Å²) >= 11 is 3.39. The molecule has 0 radical (unpaired) electrons. The van der Waals surface area contributed by atoms with Crippen LogP contribution in [0.25, 0.3) is 0 Å². The fourth-order valence-electron chi connectivity index (χ4n) is 2.45. The van der Waals surface area contributed by atoms with Crippen LogP contribution in [-0.2, 0) is 13.2 Å². The molecule has 3 aromatic rings. The zero-order valence-corrected chi connectivity index (χ0v) is 16.3. The van der Waals surface area contributed by atoms with Crippen LogP contribution in [0.3, 0.4) is 0 Å². The van der Waals surface area contributed by atoms with E-state index in [0.717, 1.165) is 21.3 Å². The first-order valence-electron chi connectivity index (χ1n) is 8.32. The molecule has 0 fully saturated rings. The zero-order chi connectivity index (χ0) is 19.2. The van der Waals surface area contributed by atoms with Crippen LogP contribution in [0.2, 0.25) is 0 Å². The summed E-state index contributed by atoms with van der Waals surface area (Å²) in [5.74, 6) is 0.543. The van der Waals surface area contributed by atoms with Crippen molar-refractivity contribution in [1.29, 1.82) is 0 Å². The Morgan fingerprint density at radius 3 is 2.59 bits per heavy atom. The van der Waals surface area contributed by atoms with Crippen molar-refractivity contribution >= 4 is 27.3 Å². The number of hydrogen-bond acceptors (Lipinski definition) is 5. The van der Waals surface area contributed by atoms with Crippen molar-refractivity contribution in [2.45, 2.75) is 20.1 Å². The molecule has 0 saturated heterocycles. The fourth-order valence-corrected chi connectivity index (χ4v) is 2.71. The van der Waals surface area contributed by atoms with Crippen LogP contribution >= 0.6 is 15.9 Å². The maximum absolute atomic E-state index is 11.3. The van der Waals surface area contributed by atoms with Crippen LogP contribution in [0.4, 0.5) is 11.4 Å². The molecule has 0 saturated carbocycles. The Kier molecular flexibility index (Phi) is 6.03. The summed E-state index contributed by atoms with van der Waals surface area (Å²) in [7, 11) is 0. The van der Waals surface area contributed by atoms with Crippen LogP contribution in [0.5, 0.6) is 5.75 Å². The molecule has 6 nitrogen and oxygen atoms in total. The van der Waals surface area contributed by atoms with E-state index in [4.69, 9.17) is 4.74 Å². The second kappa shape index (κ2) is 8.64. The Labute approximate surface area is 165 Å². The van der Waals surface area contributed by atoms with Crippen molar-refractivity contribution in [3.05, 3.63) is 92.2 Å². The van der Waals surface area contributed by atoms with E-state index < -0.39 is 4.92 Å². The standard InChI is InChI=1S/C20H18BrN3O3/c1-14-2-7-17(22-11-14)13-27-18-8-9-20(24(25)26)19(10-18)23-12-15-3-5-16(21)6-4-15/h2-11,23H,12-13H2,1H3. The van der Waals surface area contributed by atoms with Crippen molar-refractivity contribution in [2.24, 2.45) is 0 Å². The SMILES string of the molecule is Cc1ccc(COc2ccc([N+](=O)[O-])c(NCc3ccc(Br)cc3)c2)nc1. The Hall–Kier alpha value is -2.93. The number of anilines is 1. The van der Waals surface area contributed by atoms with Crippen molar-refractivity contribution in [2.75, 3.05) is 5.32 Å². The average molecular weight is 428 g/mol. The number of aryl methyl sites for hydroxylation is 1. The lowest BCUT2D eigenvalue weighted by molar-refractivity contribution is -0.384. The molecular weight excluding hydrogens is 410 g/mol. The van der Waals surface area contributed by atoms with Gasteiger partial charge in [-0.1, -0.05) is 34.1 Å². The van der Waals surface area contributed by atoms with Crippen molar-refractivity contribution < 1.29 is 9.66 Å². The Balaban J connectivity index is 1.72. The van der Waals surface area contributed by atoms with Crippen LogP contribution in [0.1, 0.15) is 16.8 Å². The van der Waals surface area contributed by atoms with Gasteiger partial charge in [0.2, 0.25) is 0 Å². The van der Waals surface area contributed by atoms with Gasteiger partial charge in [-0.2, -0.15) is 0 Å². The van der Waals surface area contributed by atoms with Gasteiger partial charge < -0.3 is 10.1 Å². The number of pyridine rings is 1. The second-order valence-electron chi connectivity index (χ2n) is 6.03. The Bertz CT molecular complexity index is 928. The monoisotopic (exact) mass is 427 g/mol. The van der Waals surface area contributed by atoms with E-state index >= 15 is 0 Å². The highest BCUT2D eigenvalue weighted by Gasteiger charge is 2.15. The number of nitrogens with zero attached hydrogens (tertiary/aromatic N) is 2. The molecule has 0 aliphatic rings. The molecular formula is C20H18BrN3O3. The van der Waals surface area contributed by atoms with Crippen molar-refractivity contribution in [3.63, 3.8) is 0 Å². The number of nitro groups is 1. The molecule has 2 aromatic carbocycles. The molecule has 3 rings (SSSR count). The highest BCUT2D eigenvalue weighted by Crippen LogP contribution is 2.30. The number of nitro benzene ring substituents is 1. The van der Waals surface area contributed by atoms with Gasteiger partial charge >= 0.3 is 0 Å². The molecule has 7 heteroatoms. The lowest BCUT2D eigenvalue weighted by Crippen LogP contribution is -2.04. The molecule has 1 N–H and O–H groups in total. The third-order valence-corrected chi connectivity index (χ3v) is 4.45. The van der Waals surface area contributed by atoms with E-state index in [1.165, 1.54) is 6.07 Å². The van der Waals surface area contributed by atoms with Gasteiger partial charge in [0.1, 0.15) is 18.0 Å². The summed E-state index contributed by atoms with van der Waals surface area (Å²) in [6.07, 6.45) is 1.78. The van der Waals surface area contributed by atoms with Crippen molar-refractivity contribution in [1.82, 2.24) is 4.98 Å². The second-order valence-corrected chi connectivity index (χ2v) is 6.95. The third kappa shape index (κ3) is 5.27. The smallest absolute Gasteiger partial charge is 0.292 e. The number of nitrogens with one attached hydrogen (secondary N) is 1. The predicted octanol–water partition coefficient (Wildman–Crippen LogP) is 5.25. The minimum atomic E-state index is -0.408. The van der Waals surface area contributed by atoms with E-state index in [1.54, 1.807) is 18.3 Å². The summed E-state index contributed by atoms with van der Waals surface area (Å²) in [6.45, 7) is 2.73. The summed E-state index contributed by atoms with van der Waals surface area (Å²) in [4.78, 5) is 15.2. The van der Waals surface area contributed by atoms with Gasteiger partial charge in [-0.25, -0.2) is 0 Å². The quantitative estimate of drug-likeness (QED) is 0.411. The van der Waals surface area contributed by atoms with E-state index in [0.29, 0.717) is 24.6 Å². The van der Waals surface area contributed by atoms with Gasteiger partial charge in [-0.15, -0.1) is 0 Å². The number of ether oxygens (including phenoxy) is 1. The van der Waals surface area contributed by atoms with Gasteiger partial charge in [-0.05, 0) is 42.3 Å². The van der Waals surface area contributed by atoms with Gasteiger partial charge in [0, 0.05) is 29.3 Å². The molecule has 0 bridgehead atoms. The lowest BCUT2D eigenvalue weighted by Gasteiger charge is -2.11. The largest absolute Gasteiger partial charge is 0.487 e. The molecule has 0 unspecified atom stereocenters. The number of rotatable bonds is 7. The third-order valence-electron chi connectivity index (χ3n) is 3.92. The number of benzene rings is 2. The summed E-state index contributed by atoms with van der Waals surface area (Å²) in [6, 6.07) is 16.3. The molecule has 1 heterocycles. The molecule has 0 spiro atoms. The number of halogens is 1.